The standard InChI is InChI=1S/C10H15N5O/c1-4-7(11-2)10-13-8(14-16-10)9-12-5-6-15(9)3/h5-7,11H,4H2,1-3H3. The van der Waals surface area contributed by atoms with E-state index in [0.29, 0.717) is 17.5 Å². The van der Waals surface area contributed by atoms with E-state index in [9.17, 15) is 0 Å². The highest BCUT2D eigenvalue weighted by Gasteiger charge is 2.17. The van der Waals surface area contributed by atoms with Gasteiger partial charge in [0.15, 0.2) is 5.82 Å². The number of nitrogens with one attached hydrogen (secondary N) is 1. The third-order valence-corrected chi connectivity index (χ3v) is 2.52. The second-order valence-electron chi connectivity index (χ2n) is 3.57. The average molecular weight is 221 g/mol. The minimum atomic E-state index is 0.0986. The molecule has 2 aromatic rings. The second-order valence-corrected chi connectivity index (χ2v) is 3.57. The van der Waals surface area contributed by atoms with Crippen LogP contribution in [-0.4, -0.2) is 26.7 Å². The fraction of sp³-hybridized carbons (Fsp3) is 0.500. The maximum atomic E-state index is 5.21. The van der Waals surface area contributed by atoms with Crippen LogP contribution in [0.25, 0.3) is 11.6 Å². The molecule has 0 fully saturated rings. The van der Waals surface area contributed by atoms with Crippen molar-refractivity contribution in [1.82, 2.24) is 25.0 Å². The lowest BCUT2D eigenvalue weighted by molar-refractivity contribution is 0.334. The molecule has 0 bridgehead atoms. The number of nitrogens with zero attached hydrogens (tertiary/aromatic N) is 4. The number of rotatable bonds is 4. The van der Waals surface area contributed by atoms with Crippen molar-refractivity contribution in [2.75, 3.05) is 7.05 Å². The Kier molecular flexibility index (Phi) is 3.00. The first-order chi connectivity index (χ1) is 7.76. The number of hydrogen-bond acceptors (Lipinski definition) is 5. The summed E-state index contributed by atoms with van der Waals surface area (Å²) in [7, 11) is 3.77. The van der Waals surface area contributed by atoms with Gasteiger partial charge in [-0.1, -0.05) is 12.1 Å². The highest BCUT2D eigenvalue weighted by molar-refractivity contribution is 5.42. The van der Waals surface area contributed by atoms with Gasteiger partial charge in [0.25, 0.3) is 0 Å². The van der Waals surface area contributed by atoms with E-state index in [-0.39, 0.29) is 6.04 Å². The van der Waals surface area contributed by atoms with Crippen LogP contribution < -0.4 is 5.32 Å². The fourth-order valence-corrected chi connectivity index (χ4v) is 1.55. The molecule has 0 aliphatic heterocycles. The summed E-state index contributed by atoms with van der Waals surface area (Å²) in [6.07, 6.45) is 4.46. The summed E-state index contributed by atoms with van der Waals surface area (Å²) < 4.78 is 7.07. The molecule has 0 amide bonds. The van der Waals surface area contributed by atoms with Crippen LogP contribution in [0.2, 0.25) is 0 Å². The SMILES string of the molecule is CCC(NC)c1nc(-c2nccn2C)no1. The van der Waals surface area contributed by atoms with Gasteiger partial charge in [-0.05, 0) is 13.5 Å². The van der Waals surface area contributed by atoms with E-state index in [1.807, 2.05) is 24.9 Å². The summed E-state index contributed by atoms with van der Waals surface area (Å²) in [6.45, 7) is 2.06. The molecule has 6 nitrogen and oxygen atoms in total. The van der Waals surface area contributed by atoms with Crippen LogP contribution in [0.15, 0.2) is 16.9 Å². The minimum Gasteiger partial charge on any atom is -0.337 e. The van der Waals surface area contributed by atoms with Gasteiger partial charge < -0.3 is 14.4 Å². The zero-order valence-corrected chi connectivity index (χ0v) is 9.64. The number of aryl methyl sites for hydroxylation is 1. The van der Waals surface area contributed by atoms with Crippen molar-refractivity contribution >= 4 is 0 Å². The molecule has 2 rings (SSSR count). The maximum Gasteiger partial charge on any atom is 0.244 e. The van der Waals surface area contributed by atoms with Gasteiger partial charge in [0.2, 0.25) is 11.7 Å². The molecule has 1 atom stereocenters. The summed E-state index contributed by atoms with van der Waals surface area (Å²) >= 11 is 0. The van der Waals surface area contributed by atoms with E-state index in [1.54, 1.807) is 6.20 Å². The van der Waals surface area contributed by atoms with Crippen LogP contribution in [-0.2, 0) is 7.05 Å². The largest absolute Gasteiger partial charge is 0.337 e. The van der Waals surface area contributed by atoms with Crippen LogP contribution in [0.1, 0.15) is 25.3 Å². The molecule has 1 N–H and O–H groups in total. The lowest BCUT2D eigenvalue weighted by Crippen LogP contribution is -2.15. The quantitative estimate of drug-likeness (QED) is 0.838. The lowest BCUT2D eigenvalue weighted by Gasteiger charge is -2.06. The van der Waals surface area contributed by atoms with E-state index in [1.165, 1.54) is 0 Å². The van der Waals surface area contributed by atoms with Crippen molar-refractivity contribution in [2.45, 2.75) is 19.4 Å². The highest BCUT2D eigenvalue weighted by atomic mass is 16.5. The Morgan fingerprint density at radius 2 is 2.38 bits per heavy atom. The van der Waals surface area contributed by atoms with E-state index >= 15 is 0 Å². The van der Waals surface area contributed by atoms with Crippen LogP contribution in [0.5, 0.6) is 0 Å². The predicted molar refractivity (Wildman–Crippen MR) is 58.6 cm³/mol. The monoisotopic (exact) mass is 221 g/mol. The Labute approximate surface area is 93.7 Å². The molecule has 0 saturated carbocycles. The van der Waals surface area contributed by atoms with Crippen LogP contribution in [0.3, 0.4) is 0 Å². The molecule has 0 saturated heterocycles. The Morgan fingerprint density at radius 1 is 1.56 bits per heavy atom. The Morgan fingerprint density at radius 3 is 2.94 bits per heavy atom. The molecule has 0 radical (unpaired) electrons. The number of aromatic nitrogens is 4. The van der Waals surface area contributed by atoms with Gasteiger partial charge in [0.1, 0.15) is 0 Å². The van der Waals surface area contributed by atoms with Crippen molar-refractivity contribution in [3.05, 3.63) is 18.3 Å². The van der Waals surface area contributed by atoms with Crippen molar-refractivity contribution in [3.63, 3.8) is 0 Å². The first-order valence-corrected chi connectivity index (χ1v) is 5.24. The average Bonchev–Trinajstić information content (AvgIpc) is 2.89. The van der Waals surface area contributed by atoms with E-state index in [4.69, 9.17) is 4.52 Å². The summed E-state index contributed by atoms with van der Waals surface area (Å²) in [4.78, 5) is 8.50. The van der Waals surface area contributed by atoms with Crippen molar-refractivity contribution in [1.29, 1.82) is 0 Å². The summed E-state index contributed by atoms with van der Waals surface area (Å²) in [5.41, 5.74) is 0. The zero-order chi connectivity index (χ0) is 11.5. The van der Waals surface area contributed by atoms with Crippen molar-refractivity contribution in [2.24, 2.45) is 7.05 Å². The van der Waals surface area contributed by atoms with Crippen LogP contribution >= 0.6 is 0 Å². The van der Waals surface area contributed by atoms with E-state index < -0.39 is 0 Å². The maximum absolute atomic E-state index is 5.21. The smallest absolute Gasteiger partial charge is 0.244 e. The van der Waals surface area contributed by atoms with Crippen molar-refractivity contribution < 1.29 is 4.52 Å². The topological polar surface area (TPSA) is 68.8 Å². The second kappa shape index (κ2) is 4.44. The Hall–Kier alpha value is -1.69. The molecular weight excluding hydrogens is 206 g/mol. The predicted octanol–water partition coefficient (Wildman–Crippen LogP) is 1.14. The van der Waals surface area contributed by atoms with Gasteiger partial charge >= 0.3 is 0 Å². The third kappa shape index (κ3) is 1.83. The molecule has 2 aromatic heterocycles. The van der Waals surface area contributed by atoms with E-state index in [2.05, 4.69) is 27.4 Å². The lowest BCUT2D eigenvalue weighted by atomic mass is 10.2. The zero-order valence-electron chi connectivity index (χ0n) is 9.64. The molecule has 1 unspecified atom stereocenters. The Bertz CT molecular complexity index is 457. The fourth-order valence-electron chi connectivity index (χ4n) is 1.55. The summed E-state index contributed by atoms with van der Waals surface area (Å²) in [5.74, 6) is 1.83. The van der Waals surface area contributed by atoms with Gasteiger partial charge in [-0.15, -0.1) is 0 Å². The molecule has 86 valence electrons. The molecule has 16 heavy (non-hydrogen) atoms. The van der Waals surface area contributed by atoms with Crippen LogP contribution in [0.4, 0.5) is 0 Å². The Balaban J connectivity index is 2.29. The van der Waals surface area contributed by atoms with Crippen molar-refractivity contribution in [3.8, 4) is 11.6 Å². The highest BCUT2D eigenvalue weighted by Crippen LogP contribution is 2.18. The van der Waals surface area contributed by atoms with Gasteiger partial charge in [0.05, 0.1) is 6.04 Å². The van der Waals surface area contributed by atoms with Gasteiger partial charge in [-0.2, -0.15) is 4.98 Å². The van der Waals surface area contributed by atoms with Gasteiger partial charge in [-0.3, -0.25) is 0 Å². The normalized spacial score (nSPS) is 12.9. The molecule has 0 aromatic carbocycles. The molecule has 0 spiro atoms. The number of hydrogen-bond donors (Lipinski definition) is 1. The molecule has 0 aliphatic rings. The molecular formula is C10H15N5O. The van der Waals surface area contributed by atoms with Gasteiger partial charge in [0, 0.05) is 19.4 Å². The summed E-state index contributed by atoms with van der Waals surface area (Å²) in [5, 5.41) is 7.04. The molecule has 0 aliphatic carbocycles. The first kappa shape index (κ1) is 10.8. The van der Waals surface area contributed by atoms with Gasteiger partial charge in [-0.25, -0.2) is 4.98 Å². The minimum absolute atomic E-state index is 0.0986. The summed E-state index contributed by atoms with van der Waals surface area (Å²) in [6, 6.07) is 0.0986. The number of imidazole rings is 1. The van der Waals surface area contributed by atoms with E-state index in [0.717, 1.165) is 6.42 Å². The first-order valence-electron chi connectivity index (χ1n) is 5.24. The molecule has 6 heteroatoms. The van der Waals surface area contributed by atoms with Crippen LogP contribution in [0, 0.1) is 0 Å². The molecule has 2 heterocycles. The third-order valence-electron chi connectivity index (χ3n) is 2.52.